The van der Waals surface area contributed by atoms with Crippen molar-refractivity contribution in [1.29, 1.82) is 0 Å². The lowest BCUT2D eigenvalue weighted by Gasteiger charge is -2.33. The Morgan fingerprint density at radius 1 is 1.29 bits per heavy atom. The number of aliphatic imine (C=N–C) groups is 1. The second kappa shape index (κ2) is 8.43. The molecule has 7 nitrogen and oxygen atoms in total. The third-order valence-electron chi connectivity index (χ3n) is 6.14. The van der Waals surface area contributed by atoms with Gasteiger partial charge >= 0.3 is 0 Å². The highest BCUT2D eigenvalue weighted by atomic mass is 16.1. The molecular formula is C24H26N6O. The second-order valence-corrected chi connectivity index (χ2v) is 8.25. The average Bonchev–Trinajstić information content (AvgIpc) is 3.22. The molecule has 0 bridgehead atoms. The maximum atomic E-state index is 12.6. The fourth-order valence-corrected chi connectivity index (χ4v) is 4.64. The first-order valence-corrected chi connectivity index (χ1v) is 10.8. The highest BCUT2D eigenvalue weighted by molar-refractivity contribution is 5.99. The zero-order chi connectivity index (χ0) is 21.2. The molecule has 31 heavy (non-hydrogen) atoms. The summed E-state index contributed by atoms with van der Waals surface area (Å²) in [4.78, 5) is 30.7. The van der Waals surface area contributed by atoms with Gasteiger partial charge in [0.2, 0.25) is 0 Å². The van der Waals surface area contributed by atoms with E-state index in [1.807, 2.05) is 30.5 Å². The average molecular weight is 415 g/mol. The van der Waals surface area contributed by atoms with E-state index in [0.29, 0.717) is 11.6 Å². The summed E-state index contributed by atoms with van der Waals surface area (Å²) in [7, 11) is 2.17. The van der Waals surface area contributed by atoms with E-state index in [1.54, 1.807) is 24.5 Å². The number of aryl methyl sites for hydroxylation is 1. The number of carbonyl (C=O) groups is 1. The van der Waals surface area contributed by atoms with Crippen molar-refractivity contribution in [3.8, 4) is 0 Å². The molecular weight excluding hydrogens is 388 g/mol. The fraction of sp³-hybridized carbons (Fsp3) is 0.333. The summed E-state index contributed by atoms with van der Waals surface area (Å²) in [5, 5.41) is 3.01. The summed E-state index contributed by atoms with van der Waals surface area (Å²) >= 11 is 0. The summed E-state index contributed by atoms with van der Waals surface area (Å²) in [5.74, 6) is 1.48. The van der Waals surface area contributed by atoms with Gasteiger partial charge in [-0.1, -0.05) is 12.1 Å². The Kier molecular flexibility index (Phi) is 5.34. The molecule has 158 valence electrons. The molecule has 0 saturated heterocycles. The highest BCUT2D eigenvalue weighted by Gasteiger charge is 2.32. The summed E-state index contributed by atoms with van der Waals surface area (Å²) < 4.78 is 0. The van der Waals surface area contributed by atoms with E-state index in [2.05, 4.69) is 38.2 Å². The molecule has 0 saturated carbocycles. The quantitative estimate of drug-likeness (QED) is 0.814. The predicted octanol–water partition coefficient (Wildman–Crippen LogP) is 2.71. The van der Waals surface area contributed by atoms with Crippen molar-refractivity contribution >= 4 is 11.7 Å². The number of aromatic nitrogens is 2. The summed E-state index contributed by atoms with van der Waals surface area (Å²) in [6, 6.07) is 8.22. The normalized spacial score (nSPS) is 21.9. The number of carbonyl (C=O) groups excluding carboxylic acids is 1. The van der Waals surface area contributed by atoms with Crippen LogP contribution in [0.5, 0.6) is 0 Å². The third kappa shape index (κ3) is 4.01. The zero-order valence-electron chi connectivity index (χ0n) is 17.6. The van der Waals surface area contributed by atoms with E-state index < -0.39 is 0 Å². The fourth-order valence-electron chi connectivity index (χ4n) is 4.64. The van der Waals surface area contributed by atoms with Crippen LogP contribution in [-0.2, 0) is 6.42 Å². The molecule has 0 fully saturated rings. The molecule has 5 rings (SSSR count). The van der Waals surface area contributed by atoms with Gasteiger partial charge in [-0.25, -0.2) is 0 Å². The minimum atomic E-state index is -0.167. The number of nitrogens with zero attached hydrogens (tertiary/aromatic N) is 5. The first-order valence-electron chi connectivity index (χ1n) is 10.8. The van der Waals surface area contributed by atoms with Gasteiger partial charge in [-0.2, -0.15) is 0 Å². The van der Waals surface area contributed by atoms with E-state index in [9.17, 15) is 4.79 Å². The largest absolute Gasteiger partial charge is 0.311 e. The number of rotatable bonds is 5. The van der Waals surface area contributed by atoms with Crippen molar-refractivity contribution in [2.24, 2.45) is 4.99 Å². The number of nitrogens with one attached hydrogen (secondary N) is 1. The molecule has 2 unspecified atom stereocenters. The molecule has 1 amide bonds. The number of amidine groups is 1. The number of likely N-dealkylation sites (N-methyl/N-ethyl adjacent to an activating group) is 1. The van der Waals surface area contributed by atoms with Gasteiger partial charge in [0, 0.05) is 31.7 Å². The molecule has 4 heterocycles. The van der Waals surface area contributed by atoms with Crippen LogP contribution in [-0.4, -0.2) is 57.7 Å². The molecule has 0 spiro atoms. The van der Waals surface area contributed by atoms with Crippen LogP contribution in [0.3, 0.4) is 0 Å². The van der Waals surface area contributed by atoms with Crippen LogP contribution in [0, 0.1) is 0 Å². The van der Waals surface area contributed by atoms with Crippen molar-refractivity contribution in [3.63, 3.8) is 0 Å². The van der Waals surface area contributed by atoms with E-state index in [1.165, 1.54) is 17.7 Å². The van der Waals surface area contributed by atoms with Gasteiger partial charge in [0.15, 0.2) is 0 Å². The summed E-state index contributed by atoms with van der Waals surface area (Å²) in [5.41, 5.74) is 3.12. The number of hydrogen-bond donors (Lipinski definition) is 1. The van der Waals surface area contributed by atoms with Crippen molar-refractivity contribution < 1.29 is 4.79 Å². The third-order valence-corrected chi connectivity index (χ3v) is 6.14. The topological polar surface area (TPSA) is 73.7 Å². The van der Waals surface area contributed by atoms with Crippen LogP contribution in [0.25, 0.3) is 0 Å². The number of pyridine rings is 2. The van der Waals surface area contributed by atoms with Crippen LogP contribution >= 0.6 is 0 Å². The van der Waals surface area contributed by atoms with Crippen molar-refractivity contribution in [1.82, 2.24) is 25.1 Å². The SMILES string of the molecule is CN(CC1CN2C(NC(=O)c3cccnc3)=CC=CC2=N1)C1CCCc2cccnc21. The molecule has 2 atom stereocenters. The number of hydrogen-bond acceptors (Lipinski definition) is 6. The number of fused-ring (bicyclic) bond motifs is 2. The molecule has 1 aliphatic carbocycles. The first-order chi connectivity index (χ1) is 15.2. The van der Waals surface area contributed by atoms with Crippen LogP contribution in [0.2, 0.25) is 0 Å². The van der Waals surface area contributed by atoms with Crippen molar-refractivity contribution in [3.05, 3.63) is 83.7 Å². The van der Waals surface area contributed by atoms with Gasteiger partial charge in [-0.3, -0.25) is 24.7 Å². The molecule has 1 N–H and O–H groups in total. The van der Waals surface area contributed by atoms with Crippen LogP contribution < -0.4 is 5.32 Å². The van der Waals surface area contributed by atoms with Gasteiger partial charge in [0.05, 0.1) is 23.3 Å². The van der Waals surface area contributed by atoms with E-state index in [0.717, 1.165) is 37.6 Å². The molecule has 2 aromatic heterocycles. The minimum Gasteiger partial charge on any atom is -0.311 e. The lowest BCUT2D eigenvalue weighted by atomic mass is 9.91. The van der Waals surface area contributed by atoms with E-state index in [-0.39, 0.29) is 11.9 Å². The zero-order valence-corrected chi connectivity index (χ0v) is 17.6. The highest BCUT2D eigenvalue weighted by Crippen LogP contribution is 2.32. The monoisotopic (exact) mass is 414 g/mol. The molecule has 7 heteroatoms. The Labute approximate surface area is 182 Å². The Bertz CT molecular complexity index is 1060. The Balaban J connectivity index is 1.25. The van der Waals surface area contributed by atoms with Crippen molar-refractivity contribution in [2.45, 2.75) is 31.3 Å². The van der Waals surface area contributed by atoms with Gasteiger partial charge in [0.25, 0.3) is 5.91 Å². The maximum absolute atomic E-state index is 12.6. The van der Waals surface area contributed by atoms with Crippen LogP contribution in [0.15, 0.2) is 71.9 Å². The van der Waals surface area contributed by atoms with E-state index >= 15 is 0 Å². The Morgan fingerprint density at radius 3 is 3.06 bits per heavy atom. The maximum Gasteiger partial charge on any atom is 0.258 e. The smallest absolute Gasteiger partial charge is 0.258 e. The number of allylic oxidation sites excluding steroid dienone is 2. The molecule has 0 aromatic carbocycles. The summed E-state index contributed by atoms with van der Waals surface area (Å²) in [6.45, 7) is 1.59. The van der Waals surface area contributed by atoms with Crippen molar-refractivity contribution in [2.75, 3.05) is 20.1 Å². The standard InChI is InChI=1S/C24H26N6O/c1-29(20-9-2-6-17-7-5-13-26-23(17)20)15-19-16-30-21(27-19)10-3-11-22(30)28-24(31)18-8-4-12-25-14-18/h3-5,7-8,10-14,19-20H,2,6,9,15-16H2,1H3,(H,28,31). The molecule has 2 aromatic rings. The van der Waals surface area contributed by atoms with E-state index in [4.69, 9.17) is 4.99 Å². The van der Waals surface area contributed by atoms with Gasteiger partial charge < -0.3 is 10.2 Å². The lowest BCUT2D eigenvalue weighted by molar-refractivity contribution is 0.0957. The summed E-state index contributed by atoms with van der Waals surface area (Å²) in [6.07, 6.45) is 14.4. The van der Waals surface area contributed by atoms with Crippen LogP contribution in [0.1, 0.15) is 40.5 Å². The molecule has 0 radical (unpaired) electrons. The minimum absolute atomic E-state index is 0.135. The van der Waals surface area contributed by atoms with Crippen LogP contribution in [0.4, 0.5) is 0 Å². The Hall–Kier alpha value is -3.32. The predicted molar refractivity (Wildman–Crippen MR) is 119 cm³/mol. The first kappa shape index (κ1) is 19.6. The lowest BCUT2D eigenvalue weighted by Crippen LogP contribution is -2.40. The molecule has 3 aliphatic rings. The molecule has 2 aliphatic heterocycles. The Morgan fingerprint density at radius 2 is 2.19 bits per heavy atom. The second-order valence-electron chi connectivity index (χ2n) is 8.25. The van der Waals surface area contributed by atoms with Gasteiger partial charge in [0.1, 0.15) is 11.7 Å². The number of amides is 1. The van der Waals surface area contributed by atoms with Gasteiger partial charge in [-0.15, -0.1) is 0 Å². The van der Waals surface area contributed by atoms with Gasteiger partial charge in [-0.05, 0) is 62.2 Å².